The second-order valence-corrected chi connectivity index (χ2v) is 4.39. The van der Waals surface area contributed by atoms with Crippen LogP contribution >= 0.6 is 0 Å². The number of nitro groups is 1. The van der Waals surface area contributed by atoms with E-state index in [1.807, 2.05) is 13.0 Å². The van der Waals surface area contributed by atoms with Gasteiger partial charge in [-0.15, -0.1) is 0 Å². The van der Waals surface area contributed by atoms with Gasteiger partial charge in [-0.2, -0.15) is 0 Å². The average Bonchev–Trinajstić information content (AvgIpc) is 2.74. The number of ether oxygens (including phenoxy) is 1. The zero-order chi connectivity index (χ0) is 13.1. The van der Waals surface area contributed by atoms with Crippen molar-refractivity contribution in [2.24, 2.45) is 0 Å². The van der Waals surface area contributed by atoms with E-state index in [9.17, 15) is 10.1 Å². The smallest absolute Gasteiger partial charge is 0.273 e. The fraction of sp³-hybridized carbons (Fsp3) is 0.500. The Morgan fingerprint density at radius 3 is 2.67 bits per heavy atom. The first kappa shape index (κ1) is 12.6. The quantitative estimate of drug-likeness (QED) is 0.634. The number of non-ortho nitro benzene ring substituents is 1. The highest BCUT2D eigenvalue weighted by atomic mass is 16.6. The number of nitrogens with zero attached hydrogens (tertiary/aromatic N) is 1. The van der Waals surface area contributed by atoms with Crippen LogP contribution in [0.5, 0.6) is 0 Å². The van der Waals surface area contributed by atoms with Crippen molar-refractivity contribution in [3.63, 3.8) is 0 Å². The maximum absolute atomic E-state index is 10.8. The van der Waals surface area contributed by atoms with Gasteiger partial charge in [0.15, 0.2) is 0 Å². The van der Waals surface area contributed by atoms with E-state index in [4.69, 9.17) is 4.74 Å². The Morgan fingerprint density at radius 1 is 1.39 bits per heavy atom. The van der Waals surface area contributed by atoms with Crippen LogP contribution in [0.2, 0.25) is 0 Å². The molecule has 1 aromatic rings. The summed E-state index contributed by atoms with van der Waals surface area (Å²) in [6, 6.07) is 5.13. The average molecular weight is 251 g/mol. The van der Waals surface area contributed by atoms with Crippen molar-refractivity contribution in [1.82, 2.24) is 0 Å². The Bertz CT molecular complexity index is 450. The molecule has 0 saturated carbocycles. The summed E-state index contributed by atoms with van der Waals surface area (Å²) in [5, 5.41) is 17.1. The van der Waals surface area contributed by atoms with Crippen molar-refractivity contribution >= 4 is 17.1 Å². The molecule has 98 valence electrons. The highest BCUT2D eigenvalue weighted by molar-refractivity contribution is 5.63. The molecule has 1 heterocycles. The van der Waals surface area contributed by atoms with Crippen LogP contribution in [0.25, 0.3) is 0 Å². The van der Waals surface area contributed by atoms with Gasteiger partial charge in [-0.05, 0) is 19.4 Å². The summed E-state index contributed by atoms with van der Waals surface area (Å²) in [7, 11) is 1.74. The molecule has 0 amide bonds. The molecular weight excluding hydrogens is 234 g/mol. The number of benzene rings is 1. The second kappa shape index (κ2) is 5.22. The maximum Gasteiger partial charge on any atom is 0.273 e. The molecule has 2 rings (SSSR count). The van der Waals surface area contributed by atoms with Gasteiger partial charge in [-0.25, -0.2) is 0 Å². The molecule has 0 radical (unpaired) electrons. The summed E-state index contributed by atoms with van der Waals surface area (Å²) in [5.41, 5.74) is 1.55. The minimum atomic E-state index is -0.388. The van der Waals surface area contributed by atoms with Crippen LogP contribution in [0.4, 0.5) is 17.1 Å². The third-order valence-corrected chi connectivity index (χ3v) is 3.15. The van der Waals surface area contributed by atoms with Gasteiger partial charge in [0.2, 0.25) is 0 Å². The van der Waals surface area contributed by atoms with Gasteiger partial charge < -0.3 is 15.4 Å². The summed E-state index contributed by atoms with van der Waals surface area (Å²) >= 11 is 0. The Hall–Kier alpha value is -1.82. The minimum absolute atomic E-state index is 0.0796. The number of anilines is 2. The molecule has 6 heteroatoms. The minimum Gasteiger partial charge on any atom is -0.388 e. The van der Waals surface area contributed by atoms with Crippen molar-refractivity contribution < 1.29 is 9.66 Å². The molecule has 0 bridgehead atoms. The topological polar surface area (TPSA) is 76.4 Å². The normalized spacial score (nSPS) is 22.8. The van der Waals surface area contributed by atoms with E-state index in [-0.39, 0.29) is 22.8 Å². The molecule has 0 aliphatic carbocycles. The largest absolute Gasteiger partial charge is 0.388 e. The van der Waals surface area contributed by atoms with Crippen LogP contribution in [0.1, 0.15) is 13.3 Å². The van der Waals surface area contributed by atoms with Crippen molar-refractivity contribution in [1.29, 1.82) is 0 Å². The molecule has 1 aliphatic heterocycles. The zero-order valence-corrected chi connectivity index (χ0v) is 10.5. The van der Waals surface area contributed by atoms with Gasteiger partial charge in [0.1, 0.15) is 0 Å². The summed E-state index contributed by atoms with van der Waals surface area (Å²) < 4.78 is 5.46. The molecular formula is C12H17N3O3. The molecule has 2 atom stereocenters. The summed E-state index contributed by atoms with van der Waals surface area (Å²) in [4.78, 5) is 10.5. The van der Waals surface area contributed by atoms with Crippen LogP contribution in [0.3, 0.4) is 0 Å². The number of rotatable bonds is 4. The first-order chi connectivity index (χ1) is 8.60. The molecule has 6 nitrogen and oxygen atoms in total. The lowest BCUT2D eigenvalue weighted by molar-refractivity contribution is -0.384. The van der Waals surface area contributed by atoms with E-state index in [0.29, 0.717) is 0 Å². The molecule has 0 aromatic heterocycles. The van der Waals surface area contributed by atoms with Crippen molar-refractivity contribution in [2.45, 2.75) is 25.5 Å². The summed E-state index contributed by atoms with van der Waals surface area (Å²) in [6.07, 6.45) is 1.04. The maximum atomic E-state index is 10.8. The lowest BCUT2D eigenvalue weighted by Gasteiger charge is -2.17. The fourth-order valence-electron chi connectivity index (χ4n) is 2.08. The number of hydrogen-bond donors (Lipinski definition) is 2. The van der Waals surface area contributed by atoms with Gasteiger partial charge in [0, 0.05) is 37.2 Å². The van der Waals surface area contributed by atoms with Crippen LogP contribution in [-0.2, 0) is 4.74 Å². The monoisotopic (exact) mass is 251 g/mol. The highest BCUT2D eigenvalue weighted by Gasteiger charge is 2.24. The molecule has 1 aromatic carbocycles. The lowest BCUT2D eigenvalue weighted by Crippen LogP contribution is -2.26. The van der Waals surface area contributed by atoms with Crippen LogP contribution < -0.4 is 10.6 Å². The lowest BCUT2D eigenvalue weighted by atomic mass is 10.1. The molecule has 18 heavy (non-hydrogen) atoms. The number of hydrogen-bond acceptors (Lipinski definition) is 5. The zero-order valence-electron chi connectivity index (χ0n) is 10.5. The van der Waals surface area contributed by atoms with Crippen LogP contribution in [-0.4, -0.2) is 30.7 Å². The summed E-state index contributed by atoms with van der Waals surface area (Å²) in [6.45, 7) is 2.73. The fourth-order valence-corrected chi connectivity index (χ4v) is 2.08. The van der Waals surface area contributed by atoms with Crippen LogP contribution in [0, 0.1) is 10.1 Å². The van der Waals surface area contributed by atoms with Gasteiger partial charge >= 0.3 is 0 Å². The van der Waals surface area contributed by atoms with E-state index >= 15 is 0 Å². The predicted molar refractivity (Wildman–Crippen MR) is 70.1 cm³/mol. The van der Waals surface area contributed by atoms with E-state index in [1.54, 1.807) is 13.1 Å². The van der Waals surface area contributed by atoms with Gasteiger partial charge in [0.25, 0.3) is 5.69 Å². The number of nitro benzene ring substituents is 1. The van der Waals surface area contributed by atoms with E-state index in [0.717, 1.165) is 24.4 Å². The highest BCUT2D eigenvalue weighted by Crippen LogP contribution is 2.26. The van der Waals surface area contributed by atoms with Gasteiger partial charge in [-0.3, -0.25) is 10.1 Å². The van der Waals surface area contributed by atoms with E-state index in [1.165, 1.54) is 6.07 Å². The Labute approximate surface area is 105 Å². The van der Waals surface area contributed by atoms with E-state index in [2.05, 4.69) is 10.6 Å². The van der Waals surface area contributed by atoms with Crippen molar-refractivity contribution in [2.75, 3.05) is 24.3 Å². The molecule has 1 fully saturated rings. The third kappa shape index (κ3) is 2.70. The Balaban J connectivity index is 2.21. The number of nitrogens with one attached hydrogen (secondary N) is 2. The summed E-state index contributed by atoms with van der Waals surface area (Å²) in [5.74, 6) is 0. The standard InChI is InChI=1S/C12H17N3O3/c1-8-12(3-4-18-8)14-10-5-9(13-2)6-11(7-10)15(16)17/h5-8,12-14H,3-4H2,1-2H3. The van der Waals surface area contributed by atoms with Crippen molar-refractivity contribution in [3.8, 4) is 0 Å². The van der Waals surface area contributed by atoms with Gasteiger partial charge in [-0.1, -0.05) is 0 Å². The Morgan fingerprint density at radius 2 is 2.11 bits per heavy atom. The molecule has 1 saturated heterocycles. The SMILES string of the molecule is CNc1cc(NC2CCOC2C)cc([N+](=O)[O-])c1. The van der Waals surface area contributed by atoms with Crippen LogP contribution in [0.15, 0.2) is 18.2 Å². The van der Waals surface area contributed by atoms with Crippen molar-refractivity contribution in [3.05, 3.63) is 28.3 Å². The molecule has 2 unspecified atom stereocenters. The molecule has 0 spiro atoms. The Kier molecular flexibility index (Phi) is 3.66. The predicted octanol–water partition coefficient (Wildman–Crippen LogP) is 2.23. The first-order valence-corrected chi connectivity index (χ1v) is 5.95. The third-order valence-electron chi connectivity index (χ3n) is 3.15. The second-order valence-electron chi connectivity index (χ2n) is 4.39. The van der Waals surface area contributed by atoms with E-state index < -0.39 is 0 Å². The van der Waals surface area contributed by atoms with Gasteiger partial charge in [0.05, 0.1) is 17.1 Å². The first-order valence-electron chi connectivity index (χ1n) is 5.95. The molecule has 2 N–H and O–H groups in total. The molecule has 1 aliphatic rings.